The van der Waals surface area contributed by atoms with E-state index < -0.39 is 0 Å². The summed E-state index contributed by atoms with van der Waals surface area (Å²) < 4.78 is 1.21. The number of rotatable bonds is 7. The summed E-state index contributed by atoms with van der Waals surface area (Å²) in [7, 11) is 2.08. The van der Waals surface area contributed by atoms with E-state index in [9.17, 15) is 0 Å². The topological polar surface area (TPSA) is 12.0 Å². The van der Waals surface area contributed by atoms with Crippen molar-refractivity contribution in [2.45, 2.75) is 36.6 Å². The summed E-state index contributed by atoms with van der Waals surface area (Å²) in [5.41, 5.74) is 0. The molecule has 1 aliphatic carbocycles. The van der Waals surface area contributed by atoms with Crippen LogP contribution in [0.5, 0.6) is 0 Å². The molecule has 1 aromatic carbocycles. The van der Waals surface area contributed by atoms with Gasteiger partial charge in [0.2, 0.25) is 0 Å². The number of hydrogen-bond donors (Lipinski definition) is 1. The molecule has 0 heterocycles. The van der Waals surface area contributed by atoms with Crippen molar-refractivity contribution in [3.63, 3.8) is 0 Å². The van der Waals surface area contributed by atoms with Gasteiger partial charge in [0.15, 0.2) is 0 Å². The molecule has 0 saturated heterocycles. The molecule has 1 aromatic rings. The molecule has 0 amide bonds. The molecular formula is C14H20BrNS. The van der Waals surface area contributed by atoms with Crippen molar-refractivity contribution in [3.05, 3.63) is 28.7 Å². The van der Waals surface area contributed by atoms with Crippen molar-refractivity contribution < 1.29 is 0 Å². The van der Waals surface area contributed by atoms with Crippen LogP contribution >= 0.6 is 27.7 Å². The molecule has 1 fully saturated rings. The molecule has 1 saturated carbocycles. The second-order valence-electron chi connectivity index (χ2n) is 4.75. The smallest absolute Gasteiger partial charge is 0.0311 e. The summed E-state index contributed by atoms with van der Waals surface area (Å²) in [5.74, 6) is 2.20. The second kappa shape index (κ2) is 6.81. The zero-order valence-corrected chi connectivity index (χ0v) is 12.7. The third-order valence-corrected chi connectivity index (χ3v) is 5.50. The molecule has 0 radical (unpaired) electrons. The Balaban J connectivity index is 1.76. The minimum atomic E-state index is 0.646. The number of benzene rings is 1. The fraction of sp³-hybridized carbons (Fsp3) is 0.571. The SMILES string of the molecule is CNC(CCC1CC1)CSc1ccccc1Br. The molecule has 0 aliphatic heterocycles. The van der Waals surface area contributed by atoms with Crippen LogP contribution in [-0.2, 0) is 0 Å². The molecule has 1 aliphatic rings. The summed E-state index contributed by atoms with van der Waals surface area (Å²) >= 11 is 5.54. The Labute approximate surface area is 117 Å². The van der Waals surface area contributed by atoms with Crippen molar-refractivity contribution in [3.8, 4) is 0 Å². The van der Waals surface area contributed by atoms with Gasteiger partial charge in [-0.15, -0.1) is 11.8 Å². The van der Waals surface area contributed by atoms with Crippen LogP contribution in [0.2, 0.25) is 0 Å². The van der Waals surface area contributed by atoms with Crippen LogP contribution in [0, 0.1) is 5.92 Å². The predicted octanol–water partition coefficient (Wildman–Crippen LogP) is 4.32. The largest absolute Gasteiger partial charge is 0.316 e. The average Bonchev–Trinajstić information content (AvgIpc) is 3.15. The van der Waals surface area contributed by atoms with E-state index in [0.29, 0.717) is 6.04 Å². The molecule has 94 valence electrons. The second-order valence-corrected chi connectivity index (χ2v) is 6.66. The van der Waals surface area contributed by atoms with Crippen LogP contribution in [0.15, 0.2) is 33.6 Å². The number of nitrogens with one attached hydrogen (secondary N) is 1. The van der Waals surface area contributed by atoms with Gasteiger partial charge in [0.05, 0.1) is 0 Å². The van der Waals surface area contributed by atoms with E-state index in [2.05, 4.69) is 52.6 Å². The van der Waals surface area contributed by atoms with E-state index in [1.807, 2.05) is 11.8 Å². The summed E-state index contributed by atoms with van der Waals surface area (Å²) in [5, 5.41) is 3.44. The monoisotopic (exact) mass is 313 g/mol. The summed E-state index contributed by atoms with van der Waals surface area (Å²) in [6.45, 7) is 0. The highest BCUT2D eigenvalue weighted by Gasteiger charge is 2.22. The first-order valence-electron chi connectivity index (χ1n) is 6.34. The maximum absolute atomic E-state index is 3.60. The van der Waals surface area contributed by atoms with Gasteiger partial charge >= 0.3 is 0 Å². The lowest BCUT2D eigenvalue weighted by atomic mass is 10.1. The normalized spacial score (nSPS) is 17.1. The minimum Gasteiger partial charge on any atom is -0.316 e. The number of hydrogen-bond acceptors (Lipinski definition) is 2. The maximum Gasteiger partial charge on any atom is 0.0311 e. The lowest BCUT2D eigenvalue weighted by Crippen LogP contribution is -2.27. The van der Waals surface area contributed by atoms with Crippen LogP contribution in [-0.4, -0.2) is 18.8 Å². The first-order valence-corrected chi connectivity index (χ1v) is 8.12. The van der Waals surface area contributed by atoms with Crippen molar-refractivity contribution in [2.24, 2.45) is 5.92 Å². The Bertz CT molecular complexity index is 352. The Morgan fingerprint density at radius 3 is 2.82 bits per heavy atom. The fourth-order valence-electron chi connectivity index (χ4n) is 1.91. The van der Waals surface area contributed by atoms with Gasteiger partial charge in [-0.05, 0) is 53.9 Å². The highest BCUT2D eigenvalue weighted by Crippen LogP contribution is 2.34. The molecular weight excluding hydrogens is 294 g/mol. The van der Waals surface area contributed by atoms with Gasteiger partial charge < -0.3 is 5.32 Å². The van der Waals surface area contributed by atoms with E-state index in [1.54, 1.807) is 0 Å². The third-order valence-electron chi connectivity index (χ3n) is 3.31. The first-order chi connectivity index (χ1) is 8.29. The Hall–Kier alpha value is 0.01000. The van der Waals surface area contributed by atoms with Crippen molar-refractivity contribution in [1.82, 2.24) is 5.32 Å². The molecule has 2 rings (SSSR count). The van der Waals surface area contributed by atoms with Gasteiger partial charge in [-0.3, -0.25) is 0 Å². The average molecular weight is 314 g/mol. The van der Waals surface area contributed by atoms with Crippen molar-refractivity contribution in [2.75, 3.05) is 12.8 Å². The molecule has 1 atom stereocenters. The van der Waals surface area contributed by atoms with E-state index in [1.165, 1.54) is 35.1 Å². The molecule has 0 aromatic heterocycles. The van der Waals surface area contributed by atoms with Gasteiger partial charge in [0.25, 0.3) is 0 Å². The first kappa shape index (κ1) is 13.4. The molecule has 1 nitrogen and oxygen atoms in total. The van der Waals surface area contributed by atoms with Gasteiger partial charge in [0, 0.05) is 21.2 Å². The quantitative estimate of drug-likeness (QED) is 0.752. The lowest BCUT2D eigenvalue weighted by molar-refractivity contribution is 0.526. The lowest BCUT2D eigenvalue weighted by Gasteiger charge is -2.15. The van der Waals surface area contributed by atoms with Gasteiger partial charge in [-0.1, -0.05) is 25.0 Å². The van der Waals surface area contributed by atoms with E-state index >= 15 is 0 Å². The fourth-order valence-corrected chi connectivity index (χ4v) is 3.63. The van der Waals surface area contributed by atoms with Gasteiger partial charge in [-0.2, -0.15) is 0 Å². The maximum atomic E-state index is 3.60. The van der Waals surface area contributed by atoms with Crippen LogP contribution in [0.1, 0.15) is 25.7 Å². The molecule has 1 N–H and O–H groups in total. The third kappa shape index (κ3) is 4.65. The summed E-state index contributed by atoms with van der Waals surface area (Å²) in [6, 6.07) is 9.11. The Morgan fingerprint density at radius 2 is 2.18 bits per heavy atom. The van der Waals surface area contributed by atoms with Crippen LogP contribution in [0.4, 0.5) is 0 Å². The summed E-state index contributed by atoms with van der Waals surface area (Å²) in [4.78, 5) is 1.35. The molecule has 1 unspecified atom stereocenters. The van der Waals surface area contributed by atoms with E-state index in [-0.39, 0.29) is 0 Å². The predicted molar refractivity (Wildman–Crippen MR) is 79.7 cm³/mol. The van der Waals surface area contributed by atoms with Crippen LogP contribution in [0.25, 0.3) is 0 Å². The minimum absolute atomic E-state index is 0.646. The molecule has 17 heavy (non-hydrogen) atoms. The van der Waals surface area contributed by atoms with Crippen molar-refractivity contribution >= 4 is 27.7 Å². The number of thioether (sulfide) groups is 1. The van der Waals surface area contributed by atoms with E-state index in [4.69, 9.17) is 0 Å². The Kier molecular flexibility index (Phi) is 5.39. The summed E-state index contributed by atoms with van der Waals surface area (Å²) in [6.07, 6.45) is 5.66. The van der Waals surface area contributed by atoms with Crippen LogP contribution in [0.3, 0.4) is 0 Å². The zero-order chi connectivity index (χ0) is 12.1. The zero-order valence-electron chi connectivity index (χ0n) is 10.3. The Morgan fingerprint density at radius 1 is 1.41 bits per heavy atom. The molecule has 0 spiro atoms. The van der Waals surface area contributed by atoms with Crippen molar-refractivity contribution in [1.29, 1.82) is 0 Å². The molecule has 0 bridgehead atoms. The molecule has 3 heteroatoms. The highest BCUT2D eigenvalue weighted by molar-refractivity contribution is 9.10. The van der Waals surface area contributed by atoms with Gasteiger partial charge in [-0.25, -0.2) is 0 Å². The van der Waals surface area contributed by atoms with Crippen LogP contribution < -0.4 is 5.32 Å². The standard InChI is InChI=1S/C14H20BrNS/c1-16-12(9-8-11-6-7-11)10-17-14-5-3-2-4-13(14)15/h2-5,11-12,16H,6-10H2,1H3. The number of halogens is 1. The van der Waals surface area contributed by atoms with Gasteiger partial charge in [0.1, 0.15) is 0 Å². The van der Waals surface area contributed by atoms with E-state index in [0.717, 1.165) is 11.7 Å². The highest BCUT2D eigenvalue weighted by atomic mass is 79.9.